The quantitative estimate of drug-likeness (QED) is 0.508. The average Bonchev–Trinajstić information content (AvgIpc) is 3.08. The fourth-order valence-electron chi connectivity index (χ4n) is 3.76. The van der Waals surface area contributed by atoms with Crippen molar-refractivity contribution in [2.24, 2.45) is 0 Å². The number of carbonyl (C=O) groups is 2. The number of fused-ring (bicyclic) bond motifs is 1. The van der Waals surface area contributed by atoms with Crippen LogP contribution >= 0.6 is 22.9 Å². The van der Waals surface area contributed by atoms with Gasteiger partial charge in [-0.25, -0.2) is 13.2 Å². The number of esters is 1. The first-order valence-electron chi connectivity index (χ1n) is 10.6. The number of ether oxygens (including phenoxy) is 1. The van der Waals surface area contributed by atoms with Crippen LogP contribution in [0.15, 0.2) is 24.3 Å². The highest BCUT2D eigenvalue weighted by molar-refractivity contribution is 7.92. The summed E-state index contributed by atoms with van der Waals surface area (Å²) < 4.78 is 30.9. The Labute approximate surface area is 197 Å². The molecule has 0 saturated heterocycles. The van der Waals surface area contributed by atoms with E-state index in [1.807, 2.05) is 0 Å². The number of nitrogens with zero attached hydrogens (tertiary/aromatic N) is 1. The predicted octanol–water partition coefficient (Wildman–Crippen LogP) is 4.64. The van der Waals surface area contributed by atoms with E-state index in [-0.39, 0.29) is 25.5 Å². The van der Waals surface area contributed by atoms with Crippen molar-refractivity contribution in [1.82, 2.24) is 0 Å². The van der Waals surface area contributed by atoms with Gasteiger partial charge in [-0.2, -0.15) is 0 Å². The van der Waals surface area contributed by atoms with Crippen molar-refractivity contribution in [3.05, 3.63) is 45.3 Å². The number of benzene rings is 1. The fourth-order valence-corrected chi connectivity index (χ4v) is 6.20. The molecule has 32 heavy (non-hydrogen) atoms. The number of amides is 1. The Morgan fingerprint density at radius 3 is 2.69 bits per heavy atom. The van der Waals surface area contributed by atoms with E-state index in [1.165, 1.54) is 15.6 Å². The first kappa shape index (κ1) is 24.5. The zero-order chi connectivity index (χ0) is 23.3. The molecule has 10 heteroatoms. The van der Waals surface area contributed by atoms with Crippen LogP contribution in [0.1, 0.15) is 53.4 Å². The molecule has 0 spiro atoms. The average molecular weight is 499 g/mol. The van der Waals surface area contributed by atoms with Gasteiger partial charge in [-0.05, 0) is 62.8 Å². The van der Waals surface area contributed by atoms with Crippen molar-refractivity contribution in [3.63, 3.8) is 0 Å². The molecule has 1 aromatic heterocycles. The van der Waals surface area contributed by atoms with Crippen LogP contribution in [0.25, 0.3) is 0 Å². The van der Waals surface area contributed by atoms with E-state index in [2.05, 4.69) is 5.32 Å². The third-order valence-corrected chi connectivity index (χ3v) is 7.80. The van der Waals surface area contributed by atoms with E-state index < -0.39 is 16.0 Å². The van der Waals surface area contributed by atoms with Gasteiger partial charge in [-0.1, -0.05) is 17.7 Å². The van der Waals surface area contributed by atoms with Crippen molar-refractivity contribution in [2.45, 2.75) is 45.4 Å². The molecule has 0 saturated carbocycles. The van der Waals surface area contributed by atoms with Crippen LogP contribution in [0.2, 0.25) is 5.02 Å². The second-order valence-electron chi connectivity index (χ2n) is 7.60. The first-order chi connectivity index (χ1) is 15.2. The molecule has 1 aromatic carbocycles. The largest absolute Gasteiger partial charge is 0.462 e. The zero-order valence-corrected chi connectivity index (χ0v) is 20.5. The second-order valence-corrected chi connectivity index (χ2v) is 11.1. The predicted molar refractivity (Wildman–Crippen MR) is 128 cm³/mol. The molecule has 0 aliphatic heterocycles. The number of hydrogen-bond acceptors (Lipinski definition) is 6. The Morgan fingerprint density at radius 1 is 1.25 bits per heavy atom. The molecular formula is C22H27ClN2O5S2. The fraction of sp³-hybridized carbons (Fsp3) is 0.455. The summed E-state index contributed by atoms with van der Waals surface area (Å²) in [6, 6.07) is 6.58. The number of anilines is 2. The lowest BCUT2D eigenvalue weighted by Gasteiger charge is -2.22. The van der Waals surface area contributed by atoms with E-state index >= 15 is 0 Å². The minimum Gasteiger partial charge on any atom is -0.462 e. The summed E-state index contributed by atoms with van der Waals surface area (Å²) in [6.07, 6.45) is 5.31. The summed E-state index contributed by atoms with van der Waals surface area (Å²) in [5, 5.41) is 3.81. The Hall–Kier alpha value is -2.10. The number of carbonyl (C=O) groups excluding carboxylic acids is 2. The van der Waals surface area contributed by atoms with E-state index in [9.17, 15) is 18.0 Å². The molecule has 1 aliphatic rings. The van der Waals surface area contributed by atoms with Crippen molar-refractivity contribution in [2.75, 3.05) is 29.0 Å². The standard InChI is InChI=1S/C22H27ClN2O5S2/c1-3-30-22(27)20-17-10-4-5-11-18(17)31-21(20)24-19(26)12-7-13-25(32(2,28)29)16-9-6-8-15(23)14-16/h6,8-9,14H,3-5,7,10-13H2,1-2H3,(H,24,26). The number of halogens is 1. The number of sulfonamides is 1. The van der Waals surface area contributed by atoms with Crippen molar-refractivity contribution >= 4 is 55.5 Å². The van der Waals surface area contributed by atoms with Gasteiger partial charge in [0.25, 0.3) is 0 Å². The molecule has 1 N–H and O–H groups in total. The highest BCUT2D eigenvalue weighted by atomic mass is 35.5. The van der Waals surface area contributed by atoms with Crippen LogP contribution < -0.4 is 9.62 Å². The minimum absolute atomic E-state index is 0.109. The number of rotatable bonds is 9. The van der Waals surface area contributed by atoms with Crippen LogP contribution in [-0.2, 0) is 32.4 Å². The number of hydrogen-bond donors (Lipinski definition) is 1. The van der Waals surface area contributed by atoms with E-state index in [4.69, 9.17) is 16.3 Å². The van der Waals surface area contributed by atoms with Crippen molar-refractivity contribution in [1.29, 1.82) is 0 Å². The summed E-state index contributed by atoms with van der Waals surface area (Å²) in [4.78, 5) is 26.3. The van der Waals surface area contributed by atoms with Gasteiger partial charge in [-0.3, -0.25) is 9.10 Å². The molecule has 0 radical (unpaired) electrons. The second kappa shape index (κ2) is 10.7. The van der Waals surface area contributed by atoms with Gasteiger partial charge in [0.15, 0.2) is 0 Å². The van der Waals surface area contributed by atoms with Crippen LogP contribution in [0.5, 0.6) is 0 Å². The van der Waals surface area contributed by atoms with Crippen LogP contribution in [0.3, 0.4) is 0 Å². The smallest absolute Gasteiger partial charge is 0.341 e. The van der Waals surface area contributed by atoms with Gasteiger partial charge >= 0.3 is 5.97 Å². The molecule has 3 rings (SSSR count). The van der Waals surface area contributed by atoms with Gasteiger partial charge in [0.2, 0.25) is 15.9 Å². The summed E-state index contributed by atoms with van der Waals surface area (Å²) in [5.74, 6) is -0.680. The molecule has 0 atom stereocenters. The Kier molecular flexibility index (Phi) is 8.19. The first-order valence-corrected chi connectivity index (χ1v) is 13.6. The highest BCUT2D eigenvalue weighted by Gasteiger charge is 2.27. The Bertz CT molecular complexity index is 1100. The molecule has 1 aliphatic carbocycles. The minimum atomic E-state index is -3.53. The SMILES string of the molecule is CCOC(=O)c1c(NC(=O)CCCN(c2cccc(Cl)c2)S(C)(=O)=O)sc2c1CCCC2. The molecule has 0 unspecified atom stereocenters. The lowest BCUT2D eigenvalue weighted by atomic mass is 9.95. The van der Waals surface area contributed by atoms with Gasteiger partial charge < -0.3 is 10.1 Å². The van der Waals surface area contributed by atoms with Crippen LogP contribution in [0.4, 0.5) is 10.7 Å². The molecule has 7 nitrogen and oxygen atoms in total. The maximum Gasteiger partial charge on any atom is 0.341 e. The molecule has 2 aromatic rings. The maximum atomic E-state index is 12.6. The summed E-state index contributed by atoms with van der Waals surface area (Å²) in [6.45, 7) is 2.16. The summed E-state index contributed by atoms with van der Waals surface area (Å²) >= 11 is 7.43. The van der Waals surface area contributed by atoms with E-state index in [0.29, 0.717) is 27.7 Å². The van der Waals surface area contributed by atoms with E-state index in [1.54, 1.807) is 31.2 Å². The maximum absolute atomic E-state index is 12.6. The third-order valence-electron chi connectivity index (χ3n) is 5.17. The molecular weight excluding hydrogens is 472 g/mol. The van der Waals surface area contributed by atoms with Gasteiger partial charge in [0.05, 0.1) is 24.1 Å². The van der Waals surface area contributed by atoms with Crippen LogP contribution in [-0.4, -0.2) is 39.7 Å². The lowest BCUT2D eigenvalue weighted by Crippen LogP contribution is -2.31. The van der Waals surface area contributed by atoms with Crippen LogP contribution in [0, 0.1) is 0 Å². The normalized spacial score (nSPS) is 13.3. The Balaban J connectivity index is 1.68. The molecule has 1 heterocycles. The molecule has 0 bridgehead atoms. The topological polar surface area (TPSA) is 92.8 Å². The summed E-state index contributed by atoms with van der Waals surface area (Å²) in [7, 11) is -3.53. The van der Waals surface area contributed by atoms with Gasteiger partial charge in [0, 0.05) is 22.9 Å². The van der Waals surface area contributed by atoms with Crippen molar-refractivity contribution in [3.8, 4) is 0 Å². The molecule has 174 valence electrons. The van der Waals surface area contributed by atoms with E-state index in [0.717, 1.165) is 42.4 Å². The Morgan fingerprint density at radius 2 is 2.00 bits per heavy atom. The summed E-state index contributed by atoms with van der Waals surface area (Å²) in [5.41, 5.74) is 1.91. The number of aryl methyl sites for hydroxylation is 1. The van der Waals surface area contributed by atoms with Gasteiger partial charge in [-0.15, -0.1) is 11.3 Å². The third kappa shape index (κ3) is 6.02. The highest BCUT2D eigenvalue weighted by Crippen LogP contribution is 2.38. The molecule has 0 fully saturated rings. The van der Waals surface area contributed by atoms with Gasteiger partial charge in [0.1, 0.15) is 5.00 Å². The lowest BCUT2D eigenvalue weighted by molar-refractivity contribution is -0.116. The zero-order valence-electron chi connectivity index (χ0n) is 18.1. The number of nitrogens with one attached hydrogen (secondary N) is 1. The molecule has 1 amide bonds. The van der Waals surface area contributed by atoms with Crippen molar-refractivity contribution < 1.29 is 22.7 Å². The monoisotopic (exact) mass is 498 g/mol. The number of thiophene rings is 1.